The largest absolute Gasteiger partial charge is 0.480 e. The standard InChI is InChI=1S/C28H21NO6S2/c1-18-9-15-22(16-10-18)37(33,34)28-24(19-11-13-21(14-12-19)29(31)32)27(25(30)23-8-5-17-36-23)35-26(28)20-6-3-2-4-7-20/h2-17,24,27H,1H3/t24-,27+/m1/s1. The Morgan fingerprint density at radius 2 is 1.59 bits per heavy atom. The lowest BCUT2D eigenvalue weighted by molar-refractivity contribution is -0.384. The molecule has 0 saturated heterocycles. The SMILES string of the molecule is Cc1ccc(S(=O)(=O)C2=C(c3ccccc3)O[C@H](C(=O)c3cccs3)[C@H]2c2ccc([N+](=O)[O-])cc2)cc1. The molecule has 4 aromatic rings. The molecule has 1 aliphatic rings. The Morgan fingerprint density at radius 3 is 2.19 bits per heavy atom. The highest BCUT2D eigenvalue weighted by Crippen LogP contribution is 2.48. The summed E-state index contributed by atoms with van der Waals surface area (Å²) in [5, 5.41) is 13.0. The van der Waals surface area contributed by atoms with Crippen LogP contribution >= 0.6 is 11.3 Å². The zero-order valence-electron chi connectivity index (χ0n) is 19.6. The molecule has 0 bridgehead atoms. The number of hydrogen-bond donors (Lipinski definition) is 0. The van der Waals surface area contributed by atoms with Gasteiger partial charge in [-0.1, -0.05) is 66.2 Å². The fraction of sp³-hybridized carbons (Fsp3) is 0.107. The van der Waals surface area contributed by atoms with Gasteiger partial charge in [0.25, 0.3) is 5.69 Å². The number of nitro benzene ring substituents is 1. The van der Waals surface area contributed by atoms with Gasteiger partial charge in [0.1, 0.15) is 10.7 Å². The number of ketones is 1. The average molecular weight is 532 g/mol. The molecule has 0 saturated carbocycles. The van der Waals surface area contributed by atoms with Gasteiger partial charge in [-0.15, -0.1) is 11.3 Å². The molecule has 0 spiro atoms. The molecule has 2 atom stereocenters. The van der Waals surface area contributed by atoms with E-state index in [1.807, 2.05) is 6.92 Å². The van der Waals surface area contributed by atoms with E-state index in [1.54, 1.807) is 60.0 Å². The summed E-state index contributed by atoms with van der Waals surface area (Å²) >= 11 is 1.24. The van der Waals surface area contributed by atoms with Crippen LogP contribution in [0, 0.1) is 17.0 Å². The van der Waals surface area contributed by atoms with Crippen molar-refractivity contribution in [2.75, 3.05) is 0 Å². The van der Waals surface area contributed by atoms with Crippen LogP contribution in [0.5, 0.6) is 0 Å². The van der Waals surface area contributed by atoms with Crippen LogP contribution in [0.2, 0.25) is 0 Å². The minimum atomic E-state index is -4.14. The minimum Gasteiger partial charge on any atom is -0.480 e. The van der Waals surface area contributed by atoms with E-state index in [0.717, 1.165) is 5.56 Å². The van der Waals surface area contributed by atoms with E-state index in [0.29, 0.717) is 16.0 Å². The molecule has 2 heterocycles. The van der Waals surface area contributed by atoms with Crippen molar-refractivity contribution in [3.63, 3.8) is 0 Å². The third-order valence-electron chi connectivity index (χ3n) is 6.20. The number of carbonyl (C=O) groups excluding carboxylic acids is 1. The first-order valence-electron chi connectivity index (χ1n) is 11.4. The number of Topliss-reactive ketones (excluding diaryl/α,β-unsaturated/α-hetero) is 1. The van der Waals surface area contributed by atoms with Gasteiger partial charge in [0.15, 0.2) is 6.10 Å². The molecule has 5 rings (SSSR count). The lowest BCUT2D eigenvalue weighted by Gasteiger charge is -2.20. The zero-order valence-corrected chi connectivity index (χ0v) is 21.2. The third kappa shape index (κ3) is 4.59. The Balaban J connectivity index is 1.76. The van der Waals surface area contributed by atoms with E-state index in [-0.39, 0.29) is 27.0 Å². The van der Waals surface area contributed by atoms with Crippen LogP contribution < -0.4 is 0 Å². The van der Waals surface area contributed by atoms with Crippen molar-refractivity contribution in [3.8, 4) is 0 Å². The highest BCUT2D eigenvalue weighted by atomic mass is 32.2. The summed E-state index contributed by atoms with van der Waals surface area (Å²) in [6, 6.07) is 24.2. The van der Waals surface area contributed by atoms with Gasteiger partial charge < -0.3 is 4.74 Å². The Labute approximate surface area is 217 Å². The topological polar surface area (TPSA) is 104 Å². The van der Waals surface area contributed by atoms with E-state index in [1.165, 1.54) is 47.7 Å². The van der Waals surface area contributed by atoms with Crippen LogP contribution in [-0.4, -0.2) is 25.2 Å². The number of hydrogen-bond acceptors (Lipinski definition) is 7. The van der Waals surface area contributed by atoms with Crippen molar-refractivity contribution in [2.45, 2.75) is 23.8 Å². The second kappa shape index (κ2) is 9.76. The van der Waals surface area contributed by atoms with Crippen LogP contribution in [-0.2, 0) is 14.6 Å². The summed E-state index contributed by atoms with van der Waals surface area (Å²) in [5.74, 6) is -1.28. The van der Waals surface area contributed by atoms with E-state index < -0.39 is 26.8 Å². The van der Waals surface area contributed by atoms with Crippen molar-refractivity contribution in [2.24, 2.45) is 0 Å². The molecule has 3 aromatic carbocycles. The van der Waals surface area contributed by atoms with E-state index in [2.05, 4.69) is 0 Å². The number of non-ortho nitro benzene ring substituents is 1. The summed E-state index contributed by atoms with van der Waals surface area (Å²) in [4.78, 5) is 24.8. The van der Waals surface area contributed by atoms with Crippen LogP contribution in [0.1, 0.15) is 32.3 Å². The zero-order chi connectivity index (χ0) is 26.2. The summed E-state index contributed by atoms with van der Waals surface area (Å²) in [6.45, 7) is 1.86. The number of rotatable bonds is 7. The number of thiophene rings is 1. The van der Waals surface area contributed by atoms with Crippen LogP contribution in [0.3, 0.4) is 0 Å². The quantitative estimate of drug-likeness (QED) is 0.160. The van der Waals surface area contributed by atoms with Gasteiger partial charge >= 0.3 is 0 Å². The maximum atomic E-state index is 14.2. The van der Waals surface area contributed by atoms with Crippen LogP contribution in [0.15, 0.2) is 106 Å². The number of benzene rings is 3. The van der Waals surface area contributed by atoms with Crippen molar-refractivity contribution in [3.05, 3.63) is 133 Å². The fourth-order valence-electron chi connectivity index (χ4n) is 4.36. The second-order valence-corrected chi connectivity index (χ2v) is 11.4. The second-order valence-electron chi connectivity index (χ2n) is 8.58. The molecule has 0 radical (unpaired) electrons. The lowest BCUT2D eigenvalue weighted by atomic mass is 9.90. The Kier molecular flexibility index (Phi) is 6.49. The number of nitro groups is 1. The van der Waals surface area contributed by atoms with Gasteiger partial charge in [0.05, 0.1) is 20.6 Å². The van der Waals surface area contributed by atoms with Gasteiger partial charge in [-0.2, -0.15) is 0 Å². The Morgan fingerprint density at radius 1 is 0.919 bits per heavy atom. The Bertz CT molecular complexity index is 1590. The monoisotopic (exact) mass is 531 g/mol. The van der Waals surface area contributed by atoms with Gasteiger partial charge in [-0.3, -0.25) is 14.9 Å². The van der Waals surface area contributed by atoms with Crippen molar-refractivity contribution in [1.82, 2.24) is 0 Å². The molecule has 7 nitrogen and oxygen atoms in total. The van der Waals surface area contributed by atoms with Gasteiger partial charge in [-0.05, 0) is 36.1 Å². The number of ether oxygens (including phenoxy) is 1. The third-order valence-corrected chi connectivity index (χ3v) is 8.99. The van der Waals surface area contributed by atoms with Gasteiger partial charge in [0.2, 0.25) is 15.6 Å². The number of carbonyl (C=O) groups is 1. The average Bonchev–Trinajstić information content (AvgIpc) is 3.58. The van der Waals surface area contributed by atoms with Crippen molar-refractivity contribution < 1.29 is 22.9 Å². The molecule has 1 aromatic heterocycles. The van der Waals surface area contributed by atoms with E-state index in [4.69, 9.17) is 4.74 Å². The Hall–Kier alpha value is -4.08. The normalized spacial score (nSPS) is 17.4. The lowest BCUT2D eigenvalue weighted by Crippen LogP contribution is -2.28. The molecule has 0 N–H and O–H groups in total. The molecule has 0 unspecified atom stereocenters. The van der Waals surface area contributed by atoms with Crippen LogP contribution in [0.4, 0.5) is 5.69 Å². The van der Waals surface area contributed by atoms with Crippen LogP contribution in [0.25, 0.3) is 5.76 Å². The molecule has 186 valence electrons. The number of sulfone groups is 1. The highest BCUT2D eigenvalue weighted by Gasteiger charge is 2.48. The molecular weight excluding hydrogens is 510 g/mol. The van der Waals surface area contributed by atoms with E-state index >= 15 is 0 Å². The molecular formula is C28H21NO6S2. The molecule has 0 fully saturated rings. The highest BCUT2D eigenvalue weighted by molar-refractivity contribution is 7.95. The first kappa shape index (κ1) is 24.6. The number of aryl methyl sites for hydroxylation is 1. The summed E-state index contributed by atoms with van der Waals surface area (Å²) < 4.78 is 34.6. The van der Waals surface area contributed by atoms with Gasteiger partial charge in [-0.25, -0.2) is 8.42 Å². The molecule has 37 heavy (non-hydrogen) atoms. The molecule has 0 aliphatic carbocycles. The molecule has 9 heteroatoms. The van der Waals surface area contributed by atoms with Crippen molar-refractivity contribution >= 4 is 38.4 Å². The number of nitrogens with zero attached hydrogens (tertiary/aromatic N) is 1. The maximum Gasteiger partial charge on any atom is 0.269 e. The molecule has 0 amide bonds. The fourth-order valence-corrected chi connectivity index (χ4v) is 6.80. The summed E-state index contributed by atoms with van der Waals surface area (Å²) in [6.07, 6.45) is -1.18. The minimum absolute atomic E-state index is 0.0497. The summed E-state index contributed by atoms with van der Waals surface area (Å²) in [7, 11) is -4.14. The first-order chi connectivity index (χ1) is 17.8. The van der Waals surface area contributed by atoms with Crippen molar-refractivity contribution in [1.29, 1.82) is 0 Å². The smallest absolute Gasteiger partial charge is 0.269 e. The maximum absolute atomic E-state index is 14.2. The summed E-state index contributed by atoms with van der Waals surface area (Å²) in [5.41, 5.74) is 1.70. The predicted molar refractivity (Wildman–Crippen MR) is 141 cm³/mol. The van der Waals surface area contributed by atoms with E-state index in [9.17, 15) is 23.3 Å². The molecule has 1 aliphatic heterocycles. The van der Waals surface area contributed by atoms with Gasteiger partial charge in [0, 0.05) is 17.7 Å². The first-order valence-corrected chi connectivity index (χ1v) is 13.7. The predicted octanol–water partition coefficient (Wildman–Crippen LogP) is 6.17.